The molecule has 0 aromatic rings. The van der Waals surface area contributed by atoms with Crippen molar-refractivity contribution in [2.45, 2.75) is 45.6 Å². The molecule has 92 valence electrons. The minimum atomic E-state index is -0.548. The topological polar surface area (TPSA) is 46.5 Å². The third kappa shape index (κ3) is 5.31. The van der Waals surface area contributed by atoms with Crippen LogP contribution in [0.2, 0.25) is 0 Å². The second-order valence-corrected chi connectivity index (χ2v) is 4.86. The van der Waals surface area contributed by atoms with Gasteiger partial charge in [-0.05, 0) is 25.2 Å². The van der Waals surface area contributed by atoms with Crippen LogP contribution in [-0.4, -0.2) is 23.8 Å². The van der Waals surface area contributed by atoms with Crippen LogP contribution in [0.1, 0.15) is 39.5 Å². The Morgan fingerprint density at radius 1 is 1.38 bits per heavy atom. The van der Waals surface area contributed by atoms with E-state index >= 15 is 0 Å². The van der Waals surface area contributed by atoms with Gasteiger partial charge in [0.15, 0.2) is 0 Å². The fourth-order valence-electron chi connectivity index (χ4n) is 1.77. The lowest BCUT2D eigenvalue weighted by atomic mass is 9.97. The van der Waals surface area contributed by atoms with Gasteiger partial charge >= 0.3 is 5.97 Å². The summed E-state index contributed by atoms with van der Waals surface area (Å²) in [5, 5.41) is 9.63. The number of allylic oxidation sites excluding steroid dienone is 1. The normalized spacial score (nSPS) is 35.7. The summed E-state index contributed by atoms with van der Waals surface area (Å²) >= 11 is 0. The second kappa shape index (κ2) is 6.69. The summed E-state index contributed by atoms with van der Waals surface area (Å²) in [5.74, 6) is 0.530. The van der Waals surface area contributed by atoms with E-state index in [0.717, 1.165) is 12.8 Å². The first-order valence-electron chi connectivity index (χ1n) is 6.08. The van der Waals surface area contributed by atoms with E-state index in [1.807, 2.05) is 6.92 Å². The van der Waals surface area contributed by atoms with Crippen molar-refractivity contribution in [1.82, 2.24) is 0 Å². The predicted octanol–water partition coefficient (Wildman–Crippen LogP) is 2.29. The number of aliphatic hydroxyl groups is 1. The third-order valence-corrected chi connectivity index (χ3v) is 2.91. The van der Waals surface area contributed by atoms with Gasteiger partial charge in [-0.2, -0.15) is 0 Å². The van der Waals surface area contributed by atoms with Gasteiger partial charge in [0, 0.05) is 5.92 Å². The second-order valence-electron chi connectivity index (χ2n) is 4.86. The van der Waals surface area contributed by atoms with Crippen LogP contribution in [0.25, 0.3) is 0 Å². The van der Waals surface area contributed by atoms with Crippen molar-refractivity contribution in [1.29, 1.82) is 0 Å². The van der Waals surface area contributed by atoms with Crippen LogP contribution >= 0.6 is 0 Å². The van der Waals surface area contributed by atoms with E-state index in [-0.39, 0.29) is 18.3 Å². The molecule has 0 aromatic carbocycles. The standard InChI is InChI=1S/C13H22O3/c1-10-4-3-5-11(2)9-16-13(15)8-12(14)7-6-10/h3,5,10-12,14H,4,6-9H2,1-2H3/b5-3+/t10-,11+,12-/m1/s1. The van der Waals surface area contributed by atoms with E-state index in [2.05, 4.69) is 19.1 Å². The van der Waals surface area contributed by atoms with Gasteiger partial charge < -0.3 is 9.84 Å². The Hall–Kier alpha value is -0.830. The summed E-state index contributed by atoms with van der Waals surface area (Å²) < 4.78 is 5.07. The number of aliphatic hydroxyl groups excluding tert-OH is 1. The van der Waals surface area contributed by atoms with Gasteiger partial charge in [-0.15, -0.1) is 0 Å². The molecule has 0 amide bonds. The number of esters is 1. The fraction of sp³-hybridized carbons (Fsp3) is 0.769. The van der Waals surface area contributed by atoms with Gasteiger partial charge in [-0.25, -0.2) is 0 Å². The maximum atomic E-state index is 11.3. The molecule has 1 heterocycles. The Morgan fingerprint density at radius 3 is 2.88 bits per heavy atom. The third-order valence-electron chi connectivity index (χ3n) is 2.91. The van der Waals surface area contributed by atoms with E-state index in [0.29, 0.717) is 18.9 Å². The summed E-state index contributed by atoms with van der Waals surface area (Å²) in [6, 6.07) is 0. The highest BCUT2D eigenvalue weighted by Crippen LogP contribution is 2.16. The number of ether oxygens (including phenoxy) is 1. The molecule has 0 bridgehead atoms. The first kappa shape index (κ1) is 13.2. The van der Waals surface area contributed by atoms with Crippen LogP contribution < -0.4 is 0 Å². The Bertz CT molecular complexity index is 248. The van der Waals surface area contributed by atoms with Gasteiger partial charge in [0.25, 0.3) is 0 Å². The molecule has 0 radical (unpaired) electrons. The van der Waals surface area contributed by atoms with Crippen LogP contribution in [0.3, 0.4) is 0 Å². The summed E-state index contributed by atoms with van der Waals surface area (Å²) in [7, 11) is 0. The molecule has 0 saturated carbocycles. The molecular formula is C13H22O3. The molecule has 1 aliphatic rings. The largest absolute Gasteiger partial charge is 0.465 e. The predicted molar refractivity (Wildman–Crippen MR) is 62.9 cm³/mol. The van der Waals surface area contributed by atoms with Crippen molar-refractivity contribution >= 4 is 5.97 Å². The van der Waals surface area contributed by atoms with E-state index in [1.54, 1.807) is 0 Å². The van der Waals surface area contributed by atoms with Crippen LogP contribution in [0, 0.1) is 11.8 Å². The van der Waals surface area contributed by atoms with Crippen molar-refractivity contribution in [3.05, 3.63) is 12.2 Å². The zero-order chi connectivity index (χ0) is 12.0. The van der Waals surface area contributed by atoms with Crippen LogP contribution in [0.4, 0.5) is 0 Å². The maximum absolute atomic E-state index is 11.3. The number of carbonyl (C=O) groups excluding carboxylic acids is 1. The molecule has 0 spiro atoms. The van der Waals surface area contributed by atoms with Gasteiger partial charge in [0.05, 0.1) is 19.1 Å². The van der Waals surface area contributed by atoms with Crippen molar-refractivity contribution < 1.29 is 14.6 Å². The summed E-state index contributed by atoms with van der Waals surface area (Å²) in [6.07, 6.45) is 6.49. The van der Waals surface area contributed by atoms with Gasteiger partial charge in [-0.1, -0.05) is 26.0 Å². The highest BCUT2D eigenvalue weighted by atomic mass is 16.5. The molecule has 1 rings (SSSR count). The van der Waals surface area contributed by atoms with Crippen molar-refractivity contribution in [3.8, 4) is 0 Å². The molecule has 3 heteroatoms. The molecule has 16 heavy (non-hydrogen) atoms. The minimum absolute atomic E-state index is 0.128. The Morgan fingerprint density at radius 2 is 2.12 bits per heavy atom. The molecule has 0 unspecified atom stereocenters. The molecule has 0 saturated heterocycles. The lowest BCUT2D eigenvalue weighted by molar-refractivity contribution is -0.146. The zero-order valence-electron chi connectivity index (χ0n) is 10.2. The first-order valence-corrected chi connectivity index (χ1v) is 6.08. The summed E-state index contributed by atoms with van der Waals surface area (Å²) in [6.45, 7) is 4.61. The quantitative estimate of drug-likeness (QED) is 0.509. The van der Waals surface area contributed by atoms with Gasteiger partial charge in [0.2, 0.25) is 0 Å². The number of carbonyl (C=O) groups is 1. The molecule has 3 atom stereocenters. The average molecular weight is 226 g/mol. The SMILES string of the molecule is C[C@@H]1C/C=C/[C@H](C)COC(=O)C[C@H](O)CC1. The molecule has 0 aliphatic carbocycles. The van der Waals surface area contributed by atoms with E-state index < -0.39 is 6.10 Å². The molecule has 0 aromatic heterocycles. The van der Waals surface area contributed by atoms with Crippen molar-refractivity contribution in [2.75, 3.05) is 6.61 Å². The highest BCUT2D eigenvalue weighted by molar-refractivity contribution is 5.69. The Labute approximate surface area is 97.5 Å². The van der Waals surface area contributed by atoms with Crippen molar-refractivity contribution in [2.24, 2.45) is 11.8 Å². The molecule has 0 fully saturated rings. The Kier molecular flexibility index (Phi) is 5.53. The lowest BCUT2D eigenvalue weighted by Gasteiger charge is -2.16. The Balaban J connectivity index is 2.54. The van der Waals surface area contributed by atoms with E-state index in [1.165, 1.54) is 0 Å². The lowest BCUT2D eigenvalue weighted by Crippen LogP contribution is -2.19. The average Bonchev–Trinajstić information content (AvgIpc) is 2.22. The van der Waals surface area contributed by atoms with Gasteiger partial charge in [0.1, 0.15) is 0 Å². The number of hydrogen-bond donors (Lipinski definition) is 1. The molecular weight excluding hydrogens is 204 g/mol. The fourth-order valence-corrected chi connectivity index (χ4v) is 1.77. The number of cyclic esters (lactones) is 1. The van der Waals surface area contributed by atoms with E-state index in [4.69, 9.17) is 4.74 Å². The van der Waals surface area contributed by atoms with Crippen LogP contribution in [-0.2, 0) is 9.53 Å². The molecule has 1 aliphatic heterocycles. The summed E-state index contributed by atoms with van der Waals surface area (Å²) in [5.41, 5.74) is 0. The smallest absolute Gasteiger partial charge is 0.308 e. The molecule has 3 nitrogen and oxygen atoms in total. The minimum Gasteiger partial charge on any atom is -0.465 e. The maximum Gasteiger partial charge on any atom is 0.308 e. The monoisotopic (exact) mass is 226 g/mol. The molecule has 1 N–H and O–H groups in total. The number of hydrogen-bond acceptors (Lipinski definition) is 3. The highest BCUT2D eigenvalue weighted by Gasteiger charge is 2.14. The number of rotatable bonds is 0. The zero-order valence-corrected chi connectivity index (χ0v) is 10.2. The van der Waals surface area contributed by atoms with Gasteiger partial charge in [-0.3, -0.25) is 4.79 Å². The van der Waals surface area contributed by atoms with Crippen LogP contribution in [0.5, 0.6) is 0 Å². The summed E-state index contributed by atoms with van der Waals surface area (Å²) in [4.78, 5) is 11.3. The van der Waals surface area contributed by atoms with Crippen molar-refractivity contribution in [3.63, 3.8) is 0 Å². The van der Waals surface area contributed by atoms with Crippen LogP contribution in [0.15, 0.2) is 12.2 Å². The first-order chi connectivity index (χ1) is 7.58. The van der Waals surface area contributed by atoms with E-state index in [9.17, 15) is 9.90 Å².